The van der Waals surface area contributed by atoms with Gasteiger partial charge >= 0.3 is 12.2 Å². The molecule has 2 heterocycles. The lowest BCUT2D eigenvalue weighted by atomic mass is 10.2. The lowest BCUT2D eigenvalue weighted by molar-refractivity contribution is -0.177. The molecule has 0 aliphatic carbocycles. The number of nitrogens with zero attached hydrogens (tertiary/aromatic N) is 3. The summed E-state index contributed by atoms with van der Waals surface area (Å²) in [5, 5.41) is 8.16. The highest BCUT2D eigenvalue weighted by atomic mass is 35.5. The highest BCUT2D eigenvalue weighted by molar-refractivity contribution is 6.35. The van der Waals surface area contributed by atoms with Gasteiger partial charge in [0.05, 0.1) is 28.3 Å². The first-order valence-electron chi connectivity index (χ1n) is 9.65. The van der Waals surface area contributed by atoms with Crippen molar-refractivity contribution in [3.05, 3.63) is 47.2 Å². The molecule has 1 amide bonds. The number of nitrogens with one attached hydrogen (secondary N) is 1. The molecule has 3 rings (SSSR count). The predicted molar refractivity (Wildman–Crippen MR) is 113 cm³/mol. The highest BCUT2D eigenvalue weighted by Crippen LogP contribution is 2.29. The molecule has 1 aromatic carbocycles. The zero-order valence-corrected chi connectivity index (χ0v) is 18.3. The molecule has 0 spiro atoms. The molecule has 1 N–H and O–H groups in total. The van der Waals surface area contributed by atoms with Gasteiger partial charge in [0.1, 0.15) is 11.4 Å². The normalized spacial score (nSPS) is 12.1. The maximum absolute atomic E-state index is 13.5. The molecular weight excluding hydrogens is 430 g/mol. The van der Waals surface area contributed by atoms with Crippen LogP contribution in [0.4, 0.5) is 13.6 Å². The van der Waals surface area contributed by atoms with Gasteiger partial charge < -0.3 is 14.8 Å². The summed E-state index contributed by atoms with van der Waals surface area (Å²) in [5.41, 5.74) is 0.872. The fourth-order valence-electron chi connectivity index (χ4n) is 2.75. The average Bonchev–Trinajstić information content (AvgIpc) is 3.05. The quantitative estimate of drug-likeness (QED) is 0.535. The molecular formula is C21H23ClF2N4O3. The summed E-state index contributed by atoms with van der Waals surface area (Å²) in [5.74, 6) is 0.0323. The predicted octanol–water partition coefficient (Wildman–Crippen LogP) is 5.48. The van der Waals surface area contributed by atoms with Gasteiger partial charge in [0.25, 0.3) is 0 Å². The summed E-state index contributed by atoms with van der Waals surface area (Å²) in [6.07, 6.45) is -2.73. The van der Waals surface area contributed by atoms with E-state index in [1.54, 1.807) is 39.0 Å². The molecule has 0 radical (unpaired) electrons. The third-order valence-electron chi connectivity index (χ3n) is 4.15. The van der Waals surface area contributed by atoms with E-state index in [0.717, 1.165) is 0 Å². The molecule has 0 aliphatic rings. The Hall–Kier alpha value is -2.94. The highest BCUT2D eigenvalue weighted by Gasteiger charge is 2.28. The molecule has 166 valence electrons. The van der Waals surface area contributed by atoms with Gasteiger partial charge in [-0.2, -0.15) is 13.9 Å². The summed E-state index contributed by atoms with van der Waals surface area (Å²) in [6, 6.07) is 7.64. The largest absolute Gasteiger partial charge is 0.444 e. The second kappa shape index (κ2) is 8.66. The van der Waals surface area contributed by atoms with Gasteiger partial charge in [-0.3, -0.25) is 0 Å². The number of benzene rings is 1. The van der Waals surface area contributed by atoms with Crippen LogP contribution in [-0.4, -0.2) is 32.6 Å². The van der Waals surface area contributed by atoms with Crippen molar-refractivity contribution in [2.45, 2.75) is 52.4 Å². The molecule has 3 aromatic rings. The SMILES string of the molecule is CCC(F)(F)Oc1ccc(-n2nc(CNC(=O)OC(C)(C)C)c3c(Cl)ccnc32)cc1. The molecule has 2 aromatic heterocycles. The Bertz CT molecular complexity index is 1080. The molecule has 0 bridgehead atoms. The fourth-order valence-corrected chi connectivity index (χ4v) is 3.00. The summed E-state index contributed by atoms with van der Waals surface area (Å²) < 4.78 is 38.4. The number of rotatable bonds is 6. The summed E-state index contributed by atoms with van der Waals surface area (Å²) in [7, 11) is 0. The van der Waals surface area contributed by atoms with Gasteiger partial charge in [-0.15, -0.1) is 0 Å². The van der Waals surface area contributed by atoms with E-state index in [0.29, 0.717) is 27.4 Å². The number of alkyl carbamates (subject to hydrolysis) is 1. The van der Waals surface area contributed by atoms with Crippen LogP contribution < -0.4 is 10.1 Å². The van der Waals surface area contributed by atoms with E-state index in [1.165, 1.54) is 29.9 Å². The Morgan fingerprint density at radius 3 is 2.48 bits per heavy atom. The van der Waals surface area contributed by atoms with Crippen LogP contribution in [-0.2, 0) is 11.3 Å². The lowest BCUT2D eigenvalue weighted by Crippen LogP contribution is -2.32. The van der Waals surface area contributed by atoms with E-state index in [-0.39, 0.29) is 12.3 Å². The van der Waals surface area contributed by atoms with Crippen LogP contribution in [0, 0.1) is 0 Å². The number of fused-ring (bicyclic) bond motifs is 1. The number of amides is 1. The standard InChI is InChI=1S/C21H23ClF2N4O3/c1-5-21(23,24)30-14-8-6-13(7-9-14)28-18-17(15(22)10-11-25-18)16(27-28)12-26-19(29)31-20(2,3)4/h6-11H,5,12H2,1-4H3,(H,26,29). The Labute approximate surface area is 183 Å². The van der Waals surface area contributed by atoms with Crippen LogP contribution in [0.1, 0.15) is 39.8 Å². The van der Waals surface area contributed by atoms with E-state index in [9.17, 15) is 13.6 Å². The maximum atomic E-state index is 13.5. The van der Waals surface area contributed by atoms with Crippen molar-refractivity contribution in [2.75, 3.05) is 0 Å². The van der Waals surface area contributed by atoms with Crippen molar-refractivity contribution in [1.29, 1.82) is 0 Å². The molecule has 0 aliphatic heterocycles. The first-order valence-corrected chi connectivity index (χ1v) is 10.0. The van der Waals surface area contributed by atoms with E-state index < -0.39 is 24.2 Å². The Kier molecular flexibility index (Phi) is 6.35. The third-order valence-corrected chi connectivity index (χ3v) is 4.46. The monoisotopic (exact) mass is 452 g/mol. The topological polar surface area (TPSA) is 78.3 Å². The summed E-state index contributed by atoms with van der Waals surface area (Å²) >= 11 is 6.36. The van der Waals surface area contributed by atoms with E-state index in [4.69, 9.17) is 21.1 Å². The summed E-state index contributed by atoms with van der Waals surface area (Å²) in [6.45, 7) is 6.70. The zero-order valence-electron chi connectivity index (χ0n) is 17.6. The first kappa shape index (κ1) is 22.7. The summed E-state index contributed by atoms with van der Waals surface area (Å²) in [4.78, 5) is 16.4. The molecule has 0 unspecified atom stereocenters. The molecule has 0 saturated carbocycles. The number of halogens is 3. The third kappa shape index (κ3) is 5.61. The van der Waals surface area contributed by atoms with E-state index in [1.807, 2.05) is 0 Å². The smallest absolute Gasteiger partial charge is 0.407 e. The van der Waals surface area contributed by atoms with Crippen molar-refractivity contribution in [1.82, 2.24) is 20.1 Å². The van der Waals surface area contributed by atoms with Gasteiger partial charge in [0, 0.05) is 12.6 Å². The van der Waals surface area contributed by atoms with Crippen LogP contribution in [0.15, 0.2) is 36.5 Å². The molecule has 31 heavy (non-hydrogen) atoms. The van der Waals surface area contributed by atoms with Gasteiger partial charge in [-0.25, -0.2) is 14.5 Å². The van der Waals surface area contributed by atoms with Crippen LogP contribution in [0.5, 0.6) is 5.75 Å². The Morgan fingerprint density at radius 1 is 1.19 bits per heavy atom. The second-order valence-corrected chi connectivity index (χ2v) is 8.20. The zero-order chi connectivity index (χ0) is 22.8. The van der Waals surface area contributed by atoms with Crippen molar-refractivity contribution in [3.63, 3.8) is 0 Å². The number of hydrogen-bond acceptors (Lipinski definition) is 5. The molecule has 0 atom stereocenters. The van der Waals surface area contributed by atoms with Crippen molar-refractivity contribution < 1.29 is 23.0 Å². The van der Waals surface area contributed by atoms with Crippen molar-refractivity contribution >= 4 is 28.7 Å². The minimum atomic E-state index is -3.24. The molecule has 0 saturated heterocycles. The van der Waals surface area contributed by atoms with Crippen LogP contribution in [0.3, 0.4) is 0 Å². The number of carbonyl (C=O) groups excluding carboxylic acids is 1. The van der Waals surface area contributed by atoms with Crippen LogP contribution in [0.25, 0.3) is 16.7 Å². The minimum Gasteiger partial charge on any atom is -0.444 e. The second-order valence-electron chi connectivity index (χ2n) is 7.79. The van der Waals surface area contributed by atoms with E-state index >= 15 is 0 Å². The van der Waals surface area contributed by atoms with E-state index in [2.05, 4.69) is 15.4 Å². The number of pyridine rings is 1. The van der Waals surface area contributed by atoms with Crippen molar-refractivity contribution in [2.24, 2.45) is 0 Å². The number of carbonyl (C=O) groups is 1. The Morgan fingerprint density at radius 2 is 1.87 bits per heavy atom. The Balaban J connectivity index is 1.90. The van der Waals surface area contributed by atoms with Crippen LogP contribution >= 0.6 is 11.6 Å². The maximum Gasteiger partial charge on any atom is 0.407 e. The van der Waals surface area contributed by atoms with Gasteiger partial charge in [0.2, 0.25) is 0 Å². The number of alkyl halides is 2. The van der Waals surface area contributed by atoms with Gasteiger partial charge in [0.15, 0.2) is 5.65 Å². The van der Waals surface area contributed by atoms with Crippen molar-refractivity contribution in [3.8, 4) is 11.4 Å². The molecule has 7 nitrogen and oxygen atoms in total. The number of ether oxygens (including phenoxy) is 2. The number of hydrogen-bond donors (Lipinski definition) is 1. The van der Waals surface area contributed by atoms with Crippen LogP contribution in [0.2, 0.25) is 5.02 Å². The molecule has 10 heteroatoms. The van der Waals surface area contributed by atoms with Gasteiger partial charge in [-0.05, 0) is 51.1 Å². The minimum absolute atomic E-state index is 0.0323. The average molecular weight is 453 g/mol. The number of aromatic nitrogens is 3. The first-order chi connectivity index (χ1) is 14.5. The van der Waals surface area contributed by atoms with Gasteiger partial charge in [-0.1, -0.05) is 18.5 Å². The fraction of sp³-hybridized carbons (Fsp3) is 0.381. The lowest BCUT2D eigenvalue weighted by Gasteiger charge is -2.19. The molecule has 0 fully saturated rings.